The number of hydrogen-bond donors (Lipinski definition) is 0. The number of hydrogen-bond acceptors (Lipinski definition) is 2. The molecular weight excluding hydrogens is 332 g/mol. The fourth-order valence-corrected chi connectivity index (χ4v) is 4.64. The second kappa shape index (κ2) is 8.26. The van der Waals surface area contributed by atoms with E-state index in [-0.39, 0.29) is 11.9 Å². The van der Waals surface area contributed by atoms with Gasteiger partial charge in [0, 0.05) is 6.54 Å². The molecule has 1 atom stereocenters. The second-order valence-corrected chi connectivity index (χ2v) is 8.04. The van der Waals surface area contributed by atoms with Crippen molar-refractivity contribution in [1.82, 2.24) is 9.80 Å². The largest absolute Gasteiger partial charge is 0.331 e. The van der Waals surface area contributed by atoms with Crippen molar-refractivity contribution < 1.29 is 4.79 Å². The lowest BCUT2D eigenvalue weighted by molar-refractivity contribution is -0.133. The molecule has 1 fully saturated rings. The van der Waals surface area contributed by atoms with Crippen molar-refractivity contribution in [1.29, 1.82) is 0 Å². The van der Waals surface area contributed by atoms with Gasteiger partial charge in [0.25, 0.3) is 0 Å². The number of rotatable bonds is 5. The number of likely N-dealkylation sites (tertiary alicyclic amines) is 1. The first-order valence-corrected chi connectivity index (χ1v) is 10.4. The highest BCUT2D eigenvalue weighted by Crippen LogP contribution is 2.36. The molecule has 2 aromatic rings. The number of fused-ring (bicyclic) bond motifs is 1. The van der Waals surface area contributed by atoms with Gasteiger partial charge in [0.05, 0.1) is 12.5 Å². The molecule has 1 unspecified atom stereocenters. The van der Waals surface area contributed by atoms with Gasteiger partial charge in [0.15, 0.2) is 0 Å². The van der Waals surface area contributed by atoms with Crippen LogP contribution in [0.4, 0.5) is 0 Å². The molecule has 0 aliphatic carbocycles. The van der Waals surface area contributed by atoms with Crippen LogP contribution in [0, 0.1) is 6.92 Å². The molecule has 0 bridgehead atoms. The van der Waals surface area contributed by atoms with Crippen molar-refractivity contribution in [3.05, 3.63) is 70.8 Å². The molecule has 2 aromatic carbocycles. The van der Waals surface area contributed by atoms with Crippen molar-refractivity contribution in [2.24, 2.45) is 0 Å². The summed E-state index contributed by atoms with van der Waals surface area (Å²) in [6.45, 7) is 6.51. The van der Waals surface area contributed by atoms with Crippen molar-refractivity contribution >= 4 is 5.91 Å². The average Bonchev–Trinajstić information content (AvgIpc) is 2.69. The highest BCUT2D eigenvalue weighted by molar-refractivity contribution is 5.82. The molecule has 3 heteroatoms. The first kappa shape index (κ1) is 18.2. The van der Waals surface area contributed by atoms with E-state index in [9.17, 15) is 4.79 Å². The molecule has 0 aromatic heterocycles. The molecule has 2 aliphatic rings. The van der Waals surface area contributed by atoms with Gasteiger partial charge in [0.1, 0.15) is 0 Å². The summed E-state index contributed by atoms with van der Waals surface area (Å²) in [4.78, 5) is 17.7. The van der Waals surface area contributed by atoms with E-state index in [4.69, 9.17) is 0 Å². The number of benzene rings is 2. The minimum absolute atomic E-state index is 0.0451. The Hall–Kier alpha value is -2.13. The monoisotopic (exact) mass is 362 g/mol. The molecule has 2 heterocycles. The standard InChI is InChI=1S/C24H30N2O/c1-19-9-7-11-21(17-19)24-22-12-4-3-10-20(22)18-23(27)26(24)16-8-15-25-13-5-2-6-14-25/h3-4,7,9-12,17,24H,2,5-6,8,13-16,18H2,1H3. The lowest BCUT2D eigenvalue weighted by Gasteiger charge is -2.38. The summed E-state index contributed by atoms with van der Waals surface area (Å²) in [7, 11) is 0. The number of carbonyl (C=O) groups excluding carboxylic acids is 1. The molecule has 0 saturated carbocycles. The number of nitrogens with zero attached hydrogens (tertiary/aromatic N) is 2. The van der Waals surface area contributed by atoms with E-state index >= 15 is 0 Å². The Labute approximate surface area is 163 Å². The highest BCUT2D eigenvalue weighted by Gasteiger charge is 2.33. The van der Waals surface area contributed by atoms with Gasteiger partial charge in [-0.1, -0.05) is 60.5 Å². The Balaban J connectivity index is 1.57. The second-order valence-electron chi connectivity index (χ2n) is 8.04. The third-order valence-electron chi connectivity index (χ3n) is 6.00. The van der Waals surface area contributed by atoms with E-state index in [1.165, 1.54) is 54.6 Å². The van der Waals surface area contributed by atoms with Crippen LogP contribution in [0.3, 0.4) is 0 Å². The molecule has 0 N–H and O–H groups in total. The van der Waals surface area contributed by atoms with Crippen LogP contribution in [0.25, 0.3) is 0 Å². The van der Waals surface area contributed by atoms with Crippen molar-refractivity contribution in [2.75, 3.05) is 26.2 Å². The Bertz CT molecular complexity index is 794. The van der Waals surface area contributed by atoms with Crippen LogP contribution in [0.5, 0.6) is 0 Å². The summed E-state index contributed by atoms with van der Waals surface area (Å²) in [6, 6.07) is 17.1. The molecule has 1 saturated heterocycles. The van der Waals surface area contributed by atoms with E-state index in [1.807, 2.05) is 6.07 Å². The van der Waals surface area contributed by atoms with Gasteiger partial charge in [-0.05, 0) is 62.5 Å². The fourth-order valence-electron chi connectivity index (χ4n) is 4.64. The summed E-state index contributed by atoms with van der Waals surface area (Å²) >= 11 is 0. The van der Waals surface area contributed by atoms with E-state index in [1.54, 1.807) is 0 Å². The molecule has 2 aliphatic heterocycles. The van der Waals surface area contributed by atoms with Gasteiger partial charge < -0.3 is 9.80 Å². The summed E-state index contributed by atoms with van der Waals surface area (Å²) < 4.78 is 0. The van der Waals surface area contributed by atoms with E-state index < -0.39 is 0 Å². The van der Waals surface area contributed by atoms with Crippen LogP contribution in [0.1, 0.15) is 54.0 Å². The first-order chi connectivity index (χ1) is 13.2. The van der Waals surface area contributed by atoms with Crippen LogP contribution in [0.2, 0.25) is 0 Å². The first-order valence-electron chi connectivity index (χ1n) is 10.4. The zero-order valence-electron chi connectivity index (χ0n) is 16.4. The van der Waals surface area contributed by atoms with Gasteiger partial charge in [0.2, 0.25) is 5.91 Å². The highest BCUT2D eigenvalue weighted by atomic mass is 16.2. The number of piperidine rings is 1. The molecule has 3 nitrogen and oxygen atoms in total. The van der Waals surface area contributed by atoms with Gasteiger partial charge in [-0.15, -0.1) is 0 Å². The Morgan fingerprint density at radius 3 is 2.59 bits per heavy atom. The van der Waals surface area contributed by atoms with Gasteiger partial charge in [-0.2, -0.15) is 0 Å². The van der Waals surface area contributed by atoms with Crippen LogP contribution in [-0.4, -0.2) is 41.9 Å². The average molecular weight is 363 g/mol. The topological polar surface area (TPSA) is 23.6 Å². The molecule has 1 amide bonds. The smallest absolute Gasteiger partial charge is 0.227 e. The molecule has 0 radical (unpaired) electrons. The van der Waals surface area contributed by atoms with Crippen LogP contribution in [0.15, 0.2) is 48.5 Å². The minimum Gasteiger partial charge on any atom is -0.331 e. The van der Waals surface area contributed by atoms with E-state index in [0.717, 1.165) is 19.5 Å². The molecule has 0 spiro atoms. The van der Waals surface area contributed by atoms with Gasteiger partial charge in [-0.25, -0.2) is 0 Å². The fraction of sp³-hybridized carbons (Fsp3) is 0.458. The lowest BCUT2D eigenvalue weighted by atomic mass is 9.87. The van der Waals surface area contributed by atoms with E-state index in [2.05, 4.69) is 59.2 Å². The predicted molar refractivity (Wildman–Crippen MR) is 110 cm³/mol. The summed E-state index contributed by atoms with van der Waals surface area (Å²) in [6.07, 6.45) is 5.59. The summed E-state index contributed by atoms with van der Waals surface area (Å²) in [5, 5.41) is 0. The molecule has 142 valence electrons. The van der Waals surface area contributed by atoms with Crippen LogP contribution < -0.4 is 0 Å². The quantitative estimate of drug-likeness (QED) is 0.790. The molecule has 27 heavy (non-hydrogen) atoms. The Kier molecular flexibility index (Phi) is 5.58. The zero-order chi connectivity index (χ0) is 18.6. The number of aryl methyl sites for hydroxylation is 1. The van der Waals surface area contributed by atoms with Crippen LogP contribution >= 0.6 is 0 Å². The molecular formula is C24H30N2O. The molecule has 4 rings (SSSR count). The van der Waals surface area contributed by atoms with Gasteiger partial charge in [-0.3, -0.25) is 4.79 Å². The minimum atomic E-state index is 0.0451. The van der Waals surface area contributed by atoms with Gasteiger partial charge >= 0.3 is 0 Å². The lowest BCUT2D eigenvalue weighted by Crippen LogP contribution is -2.42. The normalized spacial score (nSPS) is 20.6. The van der Waals surface area contributed by atoms with Crippen LogP contribution in [-0.2, 0) is 11.2 Å². The van der Waals surface area contributed by atoms with Crippen molar-refractivity contribution in [3.63, 3.8) is 0 Å². The van der Waals surface area contributed by atoms with E-state index in [0.29, 0.717) is 6.42 Å². The third-order valence-corrected chi connectivity index (χ3v) is 6.00. The summed E-state index contributed by atoms with van der Waals surface area (Å²) in [5.41, 5.74) is 4.95. The maximum atomic E-state index is 13.0. The summed E-state index contributed by atoms with van der Waals surface area (Å²) in [5.74, 6) is 0.263. The number of carbonyl (C=O) groups is 1. The maximum Gasteiger partial charge on any atom is 0.227 e. The maximum absolute atomic E-state index is 13.0. The number of amides is 1. The van der Waals surface area contributed by atoms with Crippen molar-refractivity contribution in [3.8, 4) is 0 Å². The third kappa shape index (κ3) is 4.08. The Morgan fingerprint density at radius 2 is 1.78 bits per heavy atom. The van der Waals surface area contributed by atoms with Crippen molar-refractivity contribution in [2.45, 2.75) is 45.1 Å². The zero-order valence-corrected chi connectivity index (χ0v) is 16.4. The SMILES string of the molecule is Cc1cccc(C2c3ccccc3CC(=O)N2CCCN2CCCCC2)c1. The Morgan fingerprint density at radius 1 is 0.963 bits per heavy atom. The predicted octanol–water partition coefficient (Wildman–Crippen LogP) is 4.35.